The van der Waals surface area contributed by atoms with Gasteiger partial charge in [0.15, 0.2) is 11.5 Å². The highest BCUT2D eigenvalue weighted by molar-refractivity contribution is 5.95. The van der Waals surface area contributed by atoms with Crippen LogP contribution in [0.15, 0.2) is 18.2 Å². The van der Waals surface area contributed by atoms with Gasteiger partial charge in [-0.05, 0) is 56.7 Å². The molecule has 0 aromatic heterocycles. The highest BCUT2D eigenvalue weighted by atomic mass is 16.5. The lowest BCUT2D eigenvalue weighted by Crippen LogP contribution is -2.39. The third-order valence-corrected chi connectivity index (χ3v) is 4.56. The average Bonchev–Trinajstić information content (AvgIpc) is 2.55. The molecule has 0 heterocycles. The minimum absolute atomic E-state index is 0.0564. The van der Waals surface area contributed by atoms with Crippen LogP contribution in [0, 0.1) is 5.92 Å². The summed E-state index contributed by atoms with van der Waals surface area (Å²) in [5.41, 5.74) is 0.654. The summed E-state index contributed by atoms with van der Waals surface area (Å²) in [4.78, 5) is 14.6. The normalized spacial score (nSPS) is 21.3. The second kappa shape index (κ2) is 7.52. The van der Waals surface area contributed by atoms with Gasteiger partial charge in [0, 0.05) is 18.7 Å². The summed E-state index contributed by atoms with van der Waals surface area (Å²) in [6.07, 6.45) is 4.60. The molecule has 1 aliphatic rings. The fourth-order valence-electron chi connectivity index (χ4n) is 3.07. The Morgan fingerprint density at radius 3 is 2.50 bits per heavy atom. The molecule has 1 aromatic rings. The van der Waals surface area contributed by atoms with Gasteiger partial charge in [-0.1, -0.05) is 6.92 Å². The highest BCUT2D eigenvalue weighted by Crippen LogP contribution is 2.30. The number of nitrogens with zero attached hydrogens (tertiary/aromatic N) is 1. The van der Waals surface area contributed by atoms with E-state index in [0.29, 0.717) is 29.7 Å². The first kappa shape index (κ1) is 16.7. The summed E-state index contributed by atoms with van der Waals surface area (Å²) in [5, 5.41) is 0. The van der Waals surface area contributed by atoms with Gasteiger partial charge in [-0.2, -0.15) is 0 Å². The van der Waals surface area contributed by atoms with E-state index in [2.05, 4.69) is 6.92 Å². The van der Waals surface area contributed by atoms with E-state index < -0.39 is 0 Å². The van der Waals surface area contributed by atoms with Crippen molar-refractivity contribution in [1.29, 1.82) is 0 Å². The number of benzene rings is 1. The lowest BCUT2D eigenvalue weighted by molar-refractivity contribution is 0.0679. The van der Waals surface area contributed by atoms with Crippen molar-refractivity contribution in [1.82, 2.24) is 4.90 Å². The summed E-state index contributed by atoms with van der Waals surface area (Å²) in [7, 11) is 3.50. The number of carbonyl (C=O) groups is 1. The van der Waals surface area contributed by atoms with Crippen LogP contribution in [0.4, 0.5) is 0 Å². The molecule has 1 aromatic carbocycles. The first-order valence-electron chi connectivity index (χ1n) is 8.14. The lowest BCUT2D eigenvalue weighted by Gasteiger charge is -2.33. The third-order valence-electron chi connectivity index (χ3n) is 4.56. The van der Waals surface area contributed by atoms with Gasteiger partial charge in [-0.15, -0.1) is 0 Å². The number of ether oxygens (including phenoxy) is 2. The molecule has 1 amide bonds. The molecule has 4 nitrogen and oxygen atoms in total. The van der Waals surface area contributed by atoms with Crippen LogP contribution < -0.4 is 9.47 Å². The fraction of sp³-hybridized carbons (Fsp3) is 0.611. The molecule has 0 spiro atoms. The molecule has 22 heavy (non-hydrogen) atoms. The maximum Gasteiger partial charge on any atom is 0.253 e. The van der Waals surface area contributed by atoms with E-state index in [1.54, 1.807) is 13.2 Å². The van der Waals surface area contributed by atoms with Gasteiger partial charge in [0.1, 0.15) is 0 Å². The van der Waals surface area contributed by atoms with Crippen LogP contribution in [0.2, 0.25) is 0 Å². The number of hydrogen-bond donors (Lipinski definition) is 0. The van der Waals surface area contributed by atoms with Gasteiger partial charge < -0.3 is 14.4 Å². The fourth-order valence-corrected chi connectivity index (χ4v) is 3.07. The van der Waals surface area contributed by atoms with Crippen molar-refractivity contribution >= 4 is 5.91 Å². The van der Waals surface area contributed by atoms with Crippen LogP contribution in [-0.2, 0) is 0 Å². The van der Waals surface area contributed by atoms with Crippen LogP contribution in [0.5, 0.6) is 11.5 Å². The number of hydrogen-bond acceptors (Lipinski definition) is 3. The van der Waals surface area contributed by atoms with Gasteiger partial charge in [0.2, 0.25) is 0 Å². The van der Waals surface area contributed by atoms with Gasteiger partial charge in [-0.25, -0.2) is 0 Å². The number of rotatable bonds is 5. The molecule has 0 bridgehead atoms. The van der Waals surface area contributed by atoms with Crippen molar-refractivity contribution in [3.63, 3.8) is 0 Å². The Kier molecular flexibility index (Phi) is 5.69. The molecule has 2 rings (SSSR count). The van der Waals surface area contributed by atoms with Crippen molar-refractivity contribution in [2.75, 3.05) is 20.8 Å². The van der Waals surface area contributed by atoms with Gasteiger partial charge in [0.05, 0.1) is 13.7 Å². The predicted octanol–water partition coefficient (Wildman–Crippen LogP) is 3.74. The van der Waals surface area contributed by atoms with Gasteiger partial charge in [0.25, 0.3) is 5.91 Å². The Bertz CT molecular complexity index is 507. The number of carbonyl (C=O) groups excluding carboxylic acids is 1. The second-order valence-corrected chi connectivity index (χ2v) is 6.13. The molecule has 0 unspecified atom stereocenters. The number of amides is 1. The maximum atomic E-state index is 12.7. The number of methoxy groups -OCH3 is 1. The molecule has 4 heteroatoms. The smallest absolute Gasteiger partial charge is 0.253 e. The molecule has 1 aliphatic carbocycles. The molecule has 0 atom stereocenters. The molecule has 0 saturated heterocycles. The average molecular weight is 305 g/mol. The molecule has 0 N–H and O–H groups in total. The first-order chi connectivity index (χ1) is 10.6. The van der Waals surface area contributed by atoms with E-state index in [1.807, 2.05) is 31.0 Å². The highest BCUT2D eigenvalue weighted by Gasteiger charge is 2.25. The van der Waals surface area contributed by atoms with Crippen molar-refractivity contribution in [2.45, 2.75) is 45.6 Å². The maximum absolute atomic E-state index is 12.7. The van der Waals surface area contributed by atoms with E-state index >= 15 is 0 Å². The van der Waals surface area contributed by atoms with Crippen molar-refractivity contribution in [3.05, 3.63) is 23.8 Å². The Balaban J connectivity index is 2.11. The summed E-state index contributed by atoms with van der Waals surface area (Å²) < 4.78 is 10.8. The van der Waals surface area contributed by atoms with E-state index in [4.69, 9.17) is 9.47 Å². The predicted molar refractivity (Wildman–Crippen MR) is 87.7 cm³/mol. The summed E-state index contributed by atoms with van der Waals surface area (Å²) in [6, 6.07) is 5.75. The van der Waals surface area contributed by atoms with Crippen LogP contribution >= 0.6 is 0 Å². The molecule has 0 aliphatic heterocycles. The van der Waals surface area contributed by atoms with E-state index in [0.717, 1.165) is 18.8 Å². The zero-order valence-electron chi connectivity index (χ0n) is 14.1. The molecule has 122 valence electrons. The molecular formula is C18H27NO3. The monoisotopic (exact) mass is 305 g/mol. The summed E-state index contributed by atoms with van der Waals surface area (Å²) in [6.45, 7) is 4.79. The molecular weight excluding hydrogens is 278 g/mol. The second-order valence-electron chi connectivity index (χ2n) is 6.13. The van der Waals surface area contributed by atoms with E-state index in [9.17, 15) is 4.79 Å². The quantitative estimate of drug-likeness (QED) is 0.831. The van der Waals surface area contributed by atoms with Gasteiger partial charge in [-0.3, -0.25) is 4.79 Å². The van der Waals surface area contributed by atoms with Crippen LogP contribution in [0.3, 0.4) is 0 Å². The van der Waals surface area contributed by atoms with Crippen LogP contribution in [-0.4, -0.2) is 37.6 Å². The van der Waals surface area contributed by atoms with E-state index in [-0.39, 0.29) is 5.91 Å². The Hall–Kier alpha value is -1.71. The Labute approximate surface area is 133 Å². The molecule has 1 fully saturated rings. The van der Waals surface area contributed by atoms with Crippen molar-refractivity contribution in [3.8, 4) is 11.5 Å². The molecule has 0 radical (unpaired) electrons. The van der Waals surface area contributed by atoms with Gasteiger partial charge >= 0.3 is 0 Å². The summed E-state index contributed by atoms with van der Waals surface area (Å²) >= 11 is 0. The van der Waals surface area contributed by atoms with Crippen molar-refractivity contribution < 1.29 is 14.3 Å². The topological polar surface area (TPSA) is 38.8 Å². The minimum Gasteiger partial charge on any atom is -0.493 e. The molecule has 1 saturated carbocycles. The zero-order valence-corrected chi connectivity index (χ0v) is 14.1. The Morgan fingerprint density at radius 1 is 1.23 bits per heavy atom. The first-order valence-corrected chi connectivity index (χ1v) is 8.14. The largest absolute Gasteiger partial charge is 0.493 e. The Morgan fingerprint density at radius 2 is 1.91 bits per heavy atom. The van der Waals surface area contributed by atoms with E-state index in [1.165, 1.54) is 12.8 Å². The standard InChI is InChI=1S/C18H27NO3/c1-5-22-16-11-8-14(12-17(16)21-4)18(20)19(3)15-9-6-13(2)7-10-15/h8,11-13,15H,5-7,9-10H2,1-4H3. The summed E-state index contributed by atoms with van der Waals surface area (Å²) in [5.74, 6) is 2.13. The van der Waals surface area contributed by atoms with Crippen molar-refractivity contribution in [2.24, 2.45) is 5.92 Å². The lowest BCUT2D eigenvalue weighted by atomic mass is 9.86. The van der Waals surface area contributed by atoms with Crippen LogP contribution in [0.25, 0.3) is 0 Å². The minimum atomic E-state index is 0.0564. The SMILES string of the molecule is CCOc1ccc(C(=O)N(C)C2CCC(C)CC2)cc1OC. The van der Waals surface area contributed by atoms with Crippen LogP contribution in [0.1, 0.15) is 49.9 Å². The third kappa shape index (κ3) is 3.73. The zero-order chi connectivity index (χ0) is 16.1.